The van der Waals surface area contributed by atoms with E-state index < -0.39 is 0 Å². The van der Waals surface area contributed by atoms with Gasteiger partial charge in [0.15, 0.2) is 17.5 Å². The van der Waals surface area contributed by atoms with Gasteiger partial charge in [0.1, 0.15) is 11.2 Å². The minimum Gasteiger partial charge on any atom is -0.456 e. The van der Waals surface area contributed by atoms with Gasteiger partial charge in [-0.2, -0.15) is 0 Å². The normalized spacial score (nSPS) is 11.6. The fourth-order valence-electron chi connectivity index (χ4n) is 7.91. The Morgan fingerprint density at radius 2 is 0.893 bits per heavy atom. The summed E-state index contributed by atoms with van der Waals surface area (Å²) in [5.74, 6) is 1.90. The van der Waals surface area contributed by atoms with Crippen molar-refractivity contribution in [1.29, 1.82) is 0 Å². The summed E-state index contributed by atoms with van der Waals surface area (Å²) in [4.78, 5) is 14.9. The lowest BCUT2D eigenvalue weighted by molar-refractivity contribution is 0.669. The van der Waals surface area contributed by atoms with Gasteiger partial charge in [0.05, 0.1) is 0 Å². The Balaban J connectivity index is 1.07. The maximum absolute atomic E-state index is 6.54. The van der Waals surface area contributed by atoms with E-state index in [1.165, 1.54) is 36.9 Å². The molecule has 0 fully saturated rings. The first-order valence-corrected chi connectivity index (χ1v) is 19.5. The second-order valence-corrected chi connectivity index (χ2v) is 15.0. The molecule has 0 aliphatic heterocycles. The number of hydrogen-bond acceptors (Lipinski definition) is 5. The van der Waals surface area contributed by atoms with Gasteiger partial charge in [-0.25, -0.2) is 15.0 Å². The third kappa shape index (κ3) is 5.48. The molecule has 0 bridgehead atoms. The van der Waals surface area contributed by atoms with Crippen molar-refractivity contribution in [3.05, 3.63) is 188 Å². The number of hydrogen-bond donors (Lipinski definition) is 0. The number of furan rings is 1. The molecule has 0 saturated carbocycles. The van der Waals surface area contributed by atoms with Crippen LogP contribution in [0.15, 0.2) is 192 Å². The molecular weight excluding hydrogens is 703 g/mol. The van der Waals surface area contributed by atoms with Gasteiger partial charge in [0.25, 0.3) is 0 Å². The SMILES string of the molecule is c1ccc(-c2nc(-c3ccccc3)nc(-c3cccc(-c4cccc5oc6ccc(-c7ccc(-c8ccccc8)c8sc9ccccc9c78)cc6c45)c3)n2)cc1. The van der Waals surface area contributed by atoms with Crippen LogP contribution in [0.1, 0.15) is 0 Å². The molecule has 11 rings (SSSR count). The molecule has 5 heteroatoms. The summed E-state index contributed by atoms with van der Waals surface area (Å²) >= 11 is 1.87. The van der Waals surface area contributed by atoms with Crippen LogP contribution in [0.25, 0.3) is 110 Å². The zero-order valence-corrected chi connectivity index (χ0v) is 30.9. The molecule has 3 heterocycles. The molecule has 0 aliphatic carbocycles. The van der Waals surface area contributed by atoms with E-state index in [0.29, 0.717) is 17.5 Å². The second kappa shape index (κ2) is 13.3. The van der Waals surface area contributed by atoms with Crippen molar-refractivity contribution in [2.75, 3.05) is 0 Å². The first kappa shape index (κ1) is 32.2. The van der Waals surface area contributed by atoms with E-state index in [0.717, 1.165) is 55.3 Å². The van der Waals surface area contributed by atoms with E-state index in [4.69, 9.17) is 19.4 Å². The lowest BCUT2D eigenvalue weighted by atomic mass is 9.93. The monoisotopic (exact) mass is 733 g/mol. The van der Waals surface area contributed by atoms with Gasteiger partial charge in [-0.05, 0) is 63.7 Å². The first-order valence-electron chi connectivity index (χ1n) is 18.7. The van der Waals surface area contributed by atoms with E-state index in [1.54, 1.807) is 0 Å². The van der Waals surface area contributed by atoms with Gasteiger partial charge >= 0.3 is 0 Å². The van der Waals surface area contributed by atoms with Gasteiger partial charge in [-0.1, -0.05) is 158 Å². The molecule has 0 saturated heterocycles. The standard InChI is InChI=1S/C51H31N3OS/c1-4-14-32(15-5-1)40-28-27-39(47-41-22-10-11-25-45(41)56-48(40)47)36-26-29-43-42(31-36)46-38(23-13-24-44(46)55-43)35-20-12-21-37(30-35)51-53-49(33-16-6-2-7-17-33)52-50(54-51)34-18-8-3-9-19-34/h1-31H. The molecule has 8 aromatic carbocycles. The molecule has 0 N–H and O–H groups in total. The number of rotatable bonds is 6. The molecule has 262 valence electrons. The fourth-order valence-corrected chi connectivity index (χ4v) is 9.18. The molecule has 0 radical (unpaired) electrons. The average molecular weight is 734 g/mol. The topological polar surface area (TPSA) is 51.8 Å². The Kier molecular flexibility index (Phi) is 7.64. The van der Waals surface area contributed by atoms with E-state index in [9.17, 15) is 0 Å². The van der Waals surface area contributed by atoms with Crippen LogP contribution in [-0.2, 0) is 0 Å². The Morgan fingerprint density at radius 1 is 0.339 bits per heavy atom. The molecule has 56 heavy (non-hydrogen) atoms. The van der Waals surface area contributed by atoms with Crippen molar-refractivity contribution in [2.45, 2.75) is 0 Å². The largest absolute Gasteiger partial charge is 0.456 e. The van der Waals surface area contributed by atoms with Crippen LogP contribution in [0.3, 0.4) is 0 Å². The molecule has 4 nitrogen and oxygen atoms in total. The van der Waals surface area contributed by atoms with Crippen LogP contribution in [0.4, 0.5) is 0 Å². The summed E-state index contributed by atoms with van der Waals surface area (Å²) in [6.45, 7) is 0. The maximum atomic E-state index is 6.54. The number of nitrogens with zero attached hydrogens (tertiary/aromatic N) is 3. The number of benzene rings is 8. The molecule has 0 aliphatic rings. The molecule has 0 spiro atoms. The zero-order chi connectivity index (χ0) is 37.0. The maximum Gasteiger partial charge on any atom is 0.164 e. The van der Waals surface area contributed by atoms with Crippen LogP contribution in [0.2, 0.25) is 0 Å². The third-order valence-electron chi connectivity index (χ3n) is 10.5. The number of aromatic nitrogens is 3. The Labute approximate surface area is 327 Å². The van der Waals surface area contributed by atoms with Crippen LogP contribution >= 0.6 is 11.3 Å². The summed E-state index contributed by atoms with van der Waals surface area (Å²) in [6, 6.07) is 65.6. The van der Waals surface area contributed by atoms with E-state index >= 15 is 0 Å². The Hall–Kier alpha value is -7.21. The van der Waals surface area contributed by atoms with Crippen LogP contribution in [-0.4, -0.2) is 15.0 Å². The van der Waals surface area contributed by atoms with Crippen LogP contribution in [0, 0.1) is 0 Å². The van der Waals surface area contributed by atoms with Gasteiger partial charge in [-0.3, -0.25) is 0 Å². The summed E-state index contributed by atoms with van der Waals surface area (Å²) in [6.07, 6.45) is 0. The Bertz CT molecular complexity index is 3180. The molecule has 0 unspecified atom stereocenters. The minimum atomic E-state index is 0.622. The average Bonchev–Trinajstić information content (AvgIpc) is 3.86. The number of thiophene rings is 1. The van der Waals surface area contributed by atoms with Crippen molar-refractivity contribution in [1.82, 2.24) is 15.0 Å². The Morgan fingerprint density at radius 3 is 1.62 bits per heavy atom. The molecule has 0 amide bonds. The van der Waals surface area contributed by atoms with Gasteiger partial charge in [0.2, 0.25) is 0 Å². The summed E-state index contributed by atoms with van der Waals surface area (Å²) in [7, 11) is 0. The highest BCUT2D eigenvalue weighted by Crippen LogP contribution is 2.46. The third-order valence-corrected chi connectivity index (χ3v) is 11.8. The summed E-state index contributed by atoms with van der Waals surface area (Å²) in [5.41, 5.74) is 11.5. The van der Waals surface area contributed by atoms with Crippen molar-refractivity contribution in [3.8, 4) is 67.5 Å². The summed E-state index contributed by atoms with van der Waals surface area (Å²) < 4.78 is 9.12. The first-order chi connectivity index (χ1) is 27.7. The highest BCUT2D eigenvalue weighted by molar-refractivity contribution is 7.26. The van der Waals surface area contributed by atoms with Crippen LogP contribution < -0.4 is 0 Å². The lowest BCUT2D eigenvalue weighted by Gasteiger charge is -2.11. The van der Waals surface area contributed by atoms with Crippen molar-refractivity contribution < 1.29 is 4.42 Å². The van der Waals surface area contributed by atoms with Crippen LogP contribution in [0.5, 0.6) is 0 Å². The minimum absolute atomic E-state index is 0.622. The zero-order valence-electron chi connectivity index (χ0n) is 30.1. The van der Waals surface area contributed by atoms with E-state index in [-0.39, 0.29) is 0 Å². The highest BCUT2D eigenvalue weighted by atomic mass is 32.1. The predicted octanol–water partition coefficient (Wildman–Crippen LogP) is 14.1. The summed E-state index contributed by atoms with van der Waals surface area (Å²) in [5, 5.41) is 4.73. The lowest BCUT2D eigenvalue weighted by Crippen LogP contribution is -2.00. The smallest absolute Gasteiger partial charge is 0.164 e. The molecule has 0 atom stereocenters. The highest BCUT2D eigenvalue weighted by Gasteiger charge is 2.19. The van der Waals surface area contributed by atoms with Gasteiger partial charge in [0, 0.05) is 47.6 Å². The van der Waals surface area contributed by atoms with Crippen molar-refractivity contribution in [3.63, 3.8) is 0 Å². The quantitative estimate of drug-likeness (QED) is 0.171. The molecular formula is C51H31N3OS. The van der Waals surface area contributed by atoms with Crippen molar-refractivity contribution in [2.24, 2.45) is 0 Å². The van der Waals surface area contributed by atoms with Crippen molar-refractivity contribution >= 4 is 53.4 Å². The second-order valence-electron chi connectivity index (χ2n) is 13.9. The molecule has 3 aromatic heterocycles. The molecule has 11 aromatic rings. The predicted molar refractivity (Wildman–Crippen MR) is 233 cm³/mol. The van der Waals surface area contributed by atoms with E-state index in [1.807, 2.05) is 72.0 Å². The van der Waals surface area contributed by atoms with Gasteiger partial charge in [-0.15, -0.1) is 11.3 Å². The van der Waals surface area contributed by atoms with E-state index in [2.05, 4.69) is 127 Å². The fraction of sp³-hybridized carbons (Fsp3) is 0. The number of fused-ring (bicyclic) bond motifs is 6. The van der Waals surface area contributed by atoms with Gasteiger partial charge < -0.3 is 4.42 Å².